The van der Waals surface area contributed by atoms with E-state index in [1.165, 1.54) is 10.9 Å². The minimum atomic E-state index is -0.749. The van der Waals surface area contributed by atoms with E-state index in [0.29, 0.717) is 6.42 Å². The average molecular weight is 238 g/mol. The van der Waals surface area contributed by atoms with Crippen LogP contribution in [0.3, 0.4) is 0 Å². The number of hydrogen-bond acceptors (Lipinski definition) is 5. The summed E-state index contributed by atoms with van der Waals surface area (Å²) in [5.41, 5.74) is -2.18. The summed E-state index contributed by atoms with van der Waals surface area (Å²) in [5, 5.41) is 8.67. The molecule has 2 heterocycles. The van der Waals surface area contributed by atoms with Crippen molar-refractivity contribution in [2.75, 3.05) is 6.61 Å². The quantitative estimate of drug-likeness (QED) is 0.580. The van der Waals surface area contributed by atoms with Gasteiger partial charge >= 0.3 is 5.69 Å². The molecule has 0 unspecified atom stereocenters. The molecule has 0 amide bonds. The van der Waals surface area contributed by atoms with Crippen LogP contribution in [0.4, 0.5) is 0 Å². The Morgan fingerprint density at radius 3 is 2.76 bits per heavy atom. The molecule has 3 N–H and O–H groups in total. The van der Waals surface area contributed by atoms with Gasteiger partial charge in [-0.25, -0.2) is 9.78 Å². The van der Waals surface area contributed by atoms with Crippen LogP contribution in [-0.2, 0) is 6.54 Å². The van der Waals surface area contributed by atoms with Crippen LogP contribution in [0.15, 0.2) is 20.7 Å². The highest BCUT2D eigenvalue weighted by Gasteiger charge is 2.08. The van der Waals surface area contributed by atoms with Gasteiger partial charge in [-0.15, -0.1) is 0 Å². The number of aryl methyl sites for hydroxylation is 1. The molecule has 2 aromatic rings. The summed E-state index contributed by atoms with van der Waals surface area (Å²) >= 11 is 0. The van der Waals surface area contributed by atoms with Gasteiger partial charge in [0.05, 0.1) is 6.33 Å². The van der Waals surface area contributed by atoms with Crippen LogP contribution in [0.25, 0.3) is 11.0 Å². The maximum Gasteiger partial charge on any atom is 0.326 e. The van der Waals surface area contributed by atoms with Crippen LogP contribution >= 0.6 is 0 Å². The van der Waals surface area contributed by atoms with Gasteiger partial charge in [-0.1, -0.05) is 0 Å². The molecule has 2 rings (SSSR count). The van der Waals surface area contributed by atoms with Crippen molar-refractivity contribution in [3.05, 3.63) is 37.5 Å². The third kappa shape index (κ3) is 2.02. The number of H-pyrrole nitrogens is 2. The van der Waals surface area contributed by atoms with Crippen LogP contribution in [0, 0.1) is 0 Å². The highest BCUT2D eigenvalue weighted by Crippen LogP contribution is 1.93. The summed E-state index contributed by atoms with van der Waals surface area (Å²) in [4.78, 5) is 42.3. The lowest BCUT2D eigenvalue weighted by molar-refractivity contribution is 0.279. The summed E-state index contributed by atoms with van der Waals surface area (Å²) in [6.07, 6.45) is 1.61. The molecule has 2 aromatic heterocycles. The Morgan fingerprint density at radius 2 is 2.06 bits per heavy atom. The zero-order chi connectivity index (χ0) is 12.4. The highest BCUT2D eigenvalue weighted by atomic mass is 16.3. The van der Waals surface area contributed by atoms with E-state index in [9.17, 15) is 14.4 Å². The molecule has 0 bridgehead atoms. The largest absolute Gasteiger partial charge is 0.396 e. The van der Waals surface area contributed by atoms with E-state index in [4.69, 9.17) is 5.11 Å². The Morgan fingerprint density at radius 1 is 1.29 bits per heavy atom. The van der Waals surface area contributed by atoms with Crippen LogP contribution in [0.2, 0.25) is 0 Å². The van der Waals surface area contributed by atoms with E-state index in [0.717, 1.165) is 0 Å². The standard InChI is InChI=1S/C9H10N4O4/c14-3-1-2-13-4-10-5-6(8(13)16)11-9(17)12-7(5)15/h4,14H,1-3H2,(H2,11,12,15,17). The second-order valence-corrected chi connectivity index (χ2v) is 3.45. The molecule has 0 saturated carbocycles. The molecule has 8 heteroatoms. The summed E-state index contributed by atoms with van der Waals surface area (Å²) in [6.45, 7) is 0.212. The average Bonchev–Trinajstić information content (AvgIpc) is 2.29. The smallest absolute Gasteiger partial charge is 0.326 e. The molecule has 0 atom stereocenters. The van der Waals surface area contributed by atoms with Gasteiger partial charge in [-0.2, -0.15) is 0 Å². The van der Waals surface area contributed by atoms with Crippen LogP contribution in [-0.4, -0.2) is 31.2 Å². The van der Waals surface area contributed by atoms with Gasteiger partial charge < -0.3 is 10.1 Å². The maximum atomic E-state index is 11.9. The lowest BCUT2D eigenvalue weighted by atomic mass is 10.4. The maximum absolute atomic E-state index is 11.9. The third-order valence-electron chi connectivity index (χ3n) is 2.28. The number of rotatable bonds is 3. The van der Waals surface area contributed by atoms with Crippen LogP contribution in [0.1, 0.15) is 6.42 Å². The summed E-state index contributed by atoms with van der Waals surface area (Å²) in [7, 11) is 0. The van der Waals surface area contributed by atoms with Gasteiger partial charge in [0.15, 0.2) is 5.52 Å². The number of aliphatic hydroxyl groups is 1. The van der Waals surface area contributed by atoms with Gasteiger partial charge in [0.1, 0.15) is 5.52 Å². The van der Waals surface area contributed by atoms with Crippen LogP contribution < -0.4 is 16.8 Å². The fourth-order valence-corrected chi connectivity index (χ4v) is 1.48. The first-order valence-corrected chi connectivity index (χ1v) is 4.96. The molecular formula is C9H10N4O4. The molecule has 17 heavy (non-hydrogen) atoms. The SMILES string of the molecule is O=c1[nH]c(=O)c2ncn(CCCO)c(=O)c2[nH]1. The van der Waals surface area contributed by atoms with E-state index in [1.54, 1.807) is 0 Å². The number of aromatic amines is 2. The van der Waals surface area contributed by atoms with Crippen molar-refractivity contribution in [3.8, 4) is 0 Å². The van der Waals surface area contributed by atoms with Gasteiger partial charge in [0.2, 0.25) is 0 Å². The molecule has 8 nitrogen and oxygen atoms in total. The molecule has 90 valence electrons. The monoisotopic (exact) mass is 238 g/mol. The minimum absolute atomic E-state index is 0.0592. The predicted octanol–water partition coefficient (Wildman–Crippen LogP) is -1.84. The van der Waals surface area contributed by atoms with E-state index < -0.39 is 16.8 Å². The molecule has 0 saturated heterocycles. The number of aromatic nitrogens is 4. The van der Waals surface area contributed by atoms with Gasteiger partial charge in [0, 0.05) is 13.2 Å². The summed E-state index contributed by atoms with van der Waals surface area (Å²) < 4.78 is 1.23. The van der Waals surface area contributed by atoms with E-state index in [1.807, 2.05) is 4.98 Å². The molecular weight excluding hydrogens is 228 g/mol. The van der Waals surface area contributed by atoms with E-state index in [-0.39, 0.29) is 24.2 Å². The number of fused-ring (bicyclic) bond motifs is 1. The van der Waals surface area contributed by atoms with Crippen molar-refractivity contribution in [3.63, 3.8) is 0 Å². The van der Waals surface area contributed by atoms with E-state index in [2.05, 4.69) is 9.97 Å². The minimum Gasteiger partial charge on any atom is -0.396 e. The zero-order valence-electron chi connectivity index (χ0n) is 8.77. The summed E-state index contributed by atoms with van der Waals surface area (Å²) in [5.74, 6) is 0. The van der Waals surface area contributed by atoms with E-state index >= 15 is 0 Å². The summed E-state index contributed by atoms with van der Waals surface area (Å²) in [6, 6.07) is 0. The fourth-order valence-electron chi connectivity index (χ4n) is 1.48. The lowest BCUT2D eigenvalue weighted by Gasteiger charge is -2.04. The number of aliphatic hydroxyl groups excluding tert-OH is 1. The second-order valence-electron chi connectivity index (χ2n) is 3.45. The van der Waals surface area contributed by atoms with Crippen molar-refractivity contribution in [2.45, 2.75) is 13.0 Å². The van der Waals surface area contributed by atoms with Gasteiger partial charge in [-0.05, 0) is 6.42 Å². The Bertz CT molecular complexity index is 711. The topological polar surface area (TPSA) is 121 Å². The normalized spacial score (nSPS) is 10.9. The molecule has 0 spiro atoms. The Hall–Kier alpha value is -2.22. The van der Waals surface area contributed by atoms with Gasteiger partial charge in [0.25, 0.3) is 11.1 Å². The molecule has 0 aliphatic rings. The zero-order valence-corrected chi connectivity index (χ0v) is 8.77. The highest BCUT2D eigenvalue weighted by molar-refractivity contribution is 5.70. The van der Waals surface area contributed by atoms with Gasteiger partial charge in [-0.3, -0.25) is 19.1 Å². The van der Waals surface area contributed by atoms with Crippen LogP contribution in [0.5, 0.6) is 0 Å². The number of nitrogens with one attached hydrogen (secondary N) is 2. The third-order valence-corrected chi connectivity index (χ3v) is 2.28. The Labute approximate surface area is 93.6 Å². The lowest BCUT2D eigenvalue weighted by Crippen LogP contribution is -2.30. The van der Waals surface area contributed by atoms with Crippen molar-refractivity contribution in [1.29, 1.82) is 0 Å². The first-order chi connectivity index (χ1) is 8.13. The Kier molecular flexibility index (Phi) is 2.88. The predicted molar refractivity (Wildman–Crippen MR) is 58.9 cm³/mol. The first kappa shape index (κ1) is 11.3. The molecule has 0 aliphatic heterocycles. The van der Waals surface area contributed by atoms with Crippen molar-refractivity contribution in [2.24, 2.45) is 0 Å². The van der Waals surface area contributed by atoms with Crippen molar-refractivity contribution < 1.29 is 5.11 Å². The van der Waals surface area contributed by atoms with Crippen molar-refractivity contribution >= 4 is 11.0 Å². The molecule has 0 fully saturated rings. The molecule has 0 aromatic carbocycles. The first-order valence-electron chi connectivity index (χ1n) is 4.96. The number of hydrogen-bond donors (Lipinski definition) is 3. The molecule has 0 aliphatic carbocycles. The fraction of sp³-hybridized carbons (Fsp3) is 0.333. The number of nitrogens with zero attached hydrogens (tertiary/aromatic N) is 2. The Balaban J connectivity index is 2.71. The second kappa shape index (κ2) is 4.34. The van der Waals surface area contributed by atoms with Crippen molar-refractivity contribution in [1.82, 2.24) is 19.5 Å². The molecule has 0 radical (unpaired) electrons.